The van der Waals surface area contributed by atoms with Crippen molar-refractivity contribution in [2.75, 3.05) is 11.9 Å². The smallest absolute Gasteiger partial charge is 0.229 e. The van der Waals surface area contributed by atoms with Crippen molar-refractivity contribution in [1.82, 2.24) is 9.88 Å². The third-order valence-corrected chi connectivity index (χ3v) is 4.28. The SMILES string of the molecule is Cc1nc2cc(NC(=O)[C@H]3CC(=O)N(C4CC4)C3)ccc2o1. The molecule has 4 rings (SSSR count). The molecule has 114 valence electrons. The molecule has 0 spiro atoms. The number of nitrogens with one attached hydrogen (secondary N) is 1. The van der Waals surface area contributed by atoms with E-state index in [0.29, 0.717) is 36.2 Å². The minimum Gasteiger partial charge on any atom is -0.441 e. The number of benzene rings is 1. The van der Waals surface area contributed by atoms with Crippen LogP contribution in [0.4, 0.5) is 5.69 Å². The van der Waals surface area contributed by atoms with Crippen molar-refractivity contribution < 1.29 is 14.0 Å². The summed E-state index contributed by atoms with van der Waals surface area (Å²) in [6.07, 6.45) is 2.46. The first-order valence-electron chi connectivity index (χ1n) is 7.57. The molecule has 6 nitrogen and oxygen atoms in total. The highest BCUT2D eigenvalue weighted by molar-refractivity contribution is 5.98. The molecule has 22 heavy (non-hydrogen) atoms. The Hall–Kier alpha value is -2.37. The van der Waals surface area contributed by atoms with Crippen LogP contribution < -0.4 is 5.32 Å². The summed E-state index contributed by atoms with van der Waals surface area (Å²) in [5, 5.41) is 2.89. The highest BCUT2D eigenvalue weighted by atomic mass is 16.3. The van der Waals surface area contributed by atoms with E-state index in [-0.39, 0.29) is 17.7 Å². The number of aromatic nitrogens is 1. The Morgan fingerprint density at radius 3 is 3.00 bits per heavy atom. The van der Waals surface area contributed by atoms with Crippen molar-refractivity contribution in [3.63, 3.8) is 0 Å². The lowest BCUT2D eigenvalue weighted by atomic mass is 10.1. The molecule has 1 saturated heterocycles. The van der Waals surface area contributed by atoms with Crippen LogP contribution in [0, 0.1) is 12.8 Å². The van der Waals surface area contributed by atoms with Gasteiger partial charge in [0.05, 0.1) is 5.92 Å². The zero-order chi connectivity index (χ0) is 15.3. The molecule has 1 aliphatic heterocycles. The molecule has 2 aliphatic rings. The Morgan fingerprint density at radius 1 is 1.41 bits per heavy atom. The molecule has 0 bridgehead atoms. The Balaban J connectivity index is 1.47. The first-order valence-corrected chi connectivity index (χ1v) is 7.57. The van der Waals surface area contributed by atoms with Crippen molar-refractivity contribution in [2.45, 2.75) is 32.2 Å². The highest BCUT2D eigenvalue weighted by Gasteiger charge is 2.41. The fourth-order valence-corrected chi connectivity index (χ4v) is 3.01. The molecule has 1 N–H and O–H groups in total. The van der Waals surface area contributed by atoms with Gasteiger partial charge in [-0.2, -0.15) is 0 Å². The topological polar surface area (TPSA) is 75.4 Å². The number of nitrogens with zero attached hydrogens (tertiary/aromatic N) is 2. The molecule has 1 saturated carbocycles. The van der Waals surface area contributed by atoms with Crippen LogP contribution in [0.3, 0.4) is 0 Å². The third-order valence-electron chi connectivity index (χ3n) is 4.28. The van der Waals surface area contributed by atoms with Gasteiger partial charge in [0.1, 0.15) is 5.52 Å². The molecule has 1 aromatic carbocycles. The molecule has 0 unspecified atom stereocenters. The van der Waals surface area contributed by atoms with Gasteiger partial charge in [-0.3, -0.25) is 9.59 Å². The molecule has 2 heterocycles. The molecule has 0 radical (unpaired) electrons. The van der Waals surface area contributed by atoms with Gasteiger partial charge in [0.25, 0.3) is 0 Å². The quantitative estimate of drug-likeness (QED) is 0.941. The predicted octanol–water partition coefficient (Wildman–Crippen LogP) is 2.09. The van der Waals surface area contributed by atoms with Crippen LogP contribution in [0.2, 0.25) is 0 Å². The minimum absolute atomic E-state index is 0.101. The van der Waals surface area contributed by atoms with Crippen molar-refractivity contribution in [3.8, 4) is 0 Å². The van der Waals surface area contributed by atoms with E-state index in [2.05, 4.69) is 10.3 Å². The van der Waals surface area contributed by atoms with Crippen molar-refractivity contribution in [3.05, 3.63) is 24.1 Å². The summed E-state index contributed by atoms with van der Waals surface area (Å²) in [7, 11) is 0. The van der Waals surface area contributed by atoms with E-state index < -0.39 is 0 Å². The zero-order valence-electron chi connectivity index (χ0n) is 12.3. The van der Waals surface area contributed by atoms with Gasteiger partial charge in [-0.25, -0.2) is 4.98 Å². The summed E-state index contributed by atoms with van der Waals surface area (Å²) in [5.74, 6) is 0.337. The van der Waals surface area contributed by atoms with Crippen LogP contribution in [-0.4, -0.2) is 34.3 Å². The lowest BCUT2D eigenvalue weighted by molar-refractivity contribution is -0.128. The monoisotopic (exact) mass is 299 g/mol. The Kier molecular flexibility index (Phi) is 2.92. The second-order valence-corrected chi connectivity index (χ2v) is 6.08. The highest BCUT2D eigenvalue weighted by Crippen LogP contribution is 2.33. The maximum atomic E-state index is 12.4. The summed E-state index contributed by atoms with van der Waals surface area (Å²) < 4.78 is 5.41. The normalized spacial score (nSPS) is 21.6. The fourth-order valence-electron chi connectivity index (χ4n) is 3.01. The van der Waals surface area contributed by atoms with Crippen molar-refractivity contribution in [2.24, 2.45) is 5.92 Å². The van der Waals surface area contributed by atoms with Gasteiger partial charge in [-0.1, -0.05) is 0 Å². The molecule has 1 aliphatic carbocycles. The van der Waals surface area contributed by atoms with Crippen LogP contribution >= 0.6 is 0 Å². The molecule has 1 aromatic heterocycles. The number of hydrogen-bond donors (Lipinski definition) is 1. The lowest BCUT2D eigenvalue weighted by Gasteiger charge is -2.15. The van der Waals surface area contributed by atoms with Crippen LogP contribution in [-0.2, 0) is 9.59 Å². The average molecular weight is 299 g/mol. The Bertz CT molecular complexity index is 763. The van der Waals surface area contributed by atoms with Gasteiger partial charge >= 0.3 is 0 Å². The summed E-state index contributed by atoms with van der Waals surface area (Å²) >= 11 is 0. The van der Waals surface area contributed by atoms with Crippen LogP contribution in [0.25, 0.3) is 11.1 Å². The summed E-state index contributed by atoms with van der Waals surface area (Å²) in [6, 6.07) is 5.75. The number of anilines is 1. The summed E-state index contributed by atoms with van der Waals surface area (Å²) in [5.41, 5.74) is 2.10. The lowest BCUT2D eigenvalue weighted by Crippen LogP contribution is -2.29. The number of carbonyl (C=O) groups is 2. The van der Waals surface area contributed by atoms with E-state index in [1.807, 2.05) is 4.90 Å². The van der Waals surface area contributed by atoms with Crippen LogP contribution in [0.1, 0.15) is 25.2 Å². The van der Waals surface area contributed by atoms with Crippen LogP contribution in [0.5, 0.6) is 0 Å². The summed E-state index contributed by atoms with van der Waals surface area (Å²) in [6.45, 7) is 2.33. The zero-order valence-corrected chi connectivity index (χ0v) is 12.3. The predicted molar refractivity (Wildman–Crippen MR) is 80.2 cm³/mol. The maximum absolute atomic E-state index is 12.4. The molecule has 2 fully saturated rings. The largest absolute Gasteiger partial charge is 0.441 e. The van der Waals surface area contributed by atoms with Gasteiger partial charge in [0, 0.05) is 31.6 Å². The van der Waals surface area contributed by atoms with E-state index in [4.69, 9.17) is 4.42 Å². The number of likely N-dealkylation sites (tertiary alicyclic amines) is 1. The number of oxazole rings is 1. The Morgan fingerprint density at radius 2 is 2.23 bits per heavy atom. The molecule has 1 atom stereocenters. The number of fused-ring (bicyclic) bond motifs is 1. The first kappa shape index (κ1) is 13.3. The molecular formula is C16H17N3O3. The minimum atomic E-state index is -0.261. The number of carbonyl (C=O) groups excluding carboxylic acids is 2. The van der Waals surface area contributed by atoms with E-state index in [1.54, 1.807) is 25.1 Å². The molecule has 2 amide bonds. The van der Waals surface area contributed by atoms with E-state index in [0.717, 1.165) is 18.4 Å². The van der Waals surface area contributed by atoms with E-state index in [9.17, 15) is 9.59 Å². The summed E-state index contributed by atoms with van der Waals surface area (Å²) in [4.78, 5) is 30.4. The van der Waals surface area contributed by atoms with Gasteiger partial charge in [0.15, 0.2) is 11.5 Å². The van der Waals surface area contributed by atoms with Gasteiger partial charge in [0.2, 0.25) is 11.8 Å². The average Bonchev–Trinajstić information content (AvgIpc) is 3.14. The standard InChI is InChI=1S/C16H17N3O3/c1-9-17-13-7-11(2-5-14(13)22-9)18-16(21)10-6-15(20)19(8-10)12-3-4-12/h2,5,7,10,12H,3-4,6,8H2,1H3,(H,18,21)/t10-/m0/s1. The van der Waals surface area contributed by atoms with Crippen molar-refractivity contribution in [1.29, 1.82) is 0 Å². The first-order chi connectivity index (χ1) is 10.6. The van der Waals surface area contributed by atoms with Gasteiger partial charge < -0.3 is 14.6 Å². The van der Waals surface area contributed by atoms with E-state index >= 15 is 0 Å². The molecule has 6 heteroatoms. The van der Waals surface area contributed by atoms with Gasteiger partial charge in [-0.15, -0.1) is 0 Å². The van der Waals surface area contributed by atoms with Gasteiger partial charge in [-0.05, 0) is 31.0 Å². The van der Waals surface area contributed by atoms with E-state index in [1.165, 1.54) is 0 Å². The second-order valence-electron chi connectivity index (χ2n) is 6.08. The fraction of sp³-hybridized carbons (Fsp3) is 0.438. The Labute approximate surface area is 127 Å². The molecular weight excluding hydrogens is 282 g/mol. The van der Waals surface area contributed by atoms with Crippen LogP contribution in [0.15, 0.2) is 22.6 Å². The number of rotatable bonds is 3. The second kappa shape index (κ2) is 4.83. The molecule has 2 aromatic rings. The number of amides is 2. The third kappa shape index (κ3) is 2.34. The number of hydrogen-bond acceptors (Lipinski definition) is 4. The van der Waals surface area contributed by atoms with Crippen molar-refractivity contribution >= 4 is 28.6 Å². The maximum Gasteiger partial charge on any atom is 0.229 e. The number of aryl methyl sites for hydroxylation is 1.